The zero-order valence-corrected chi connectivity index (χ0v) is 11.2. The van der Waals surface area contributed by atoms with Crippen molar-refractivity contribution >= 4 is 5.91 Å². The van der Waals surface area contributed by atoms with Crippen LogP contribution in [0.4, 0.5) is 0 Å². The number of likely N-dealkylation sites (tertiary alicyclic amines) is 1. The van der Waals surface area contributed by atoms with Crippen LogP contribution in [0.25, 0.3) is 0 Å². The first kappa shape index (κ1) is 12.7. The van der Waals surface area contributed by atoms with Crippen LogP contribution in [0.1, 0.15) is 37.4 Å². The standard InChI is InChI=1S/C14H21N3O2/c18-14(16-7-11-1-2-11)9-17-5-3-12(4-6-17)13-8-15-10-19-13/h8,10-12H,1-7,9H2,(H,16,18). The number of amides is 1. The van der Waals surface area contributed by atoms with Crippen LogP contribution in [0, 0.1) is 5.92 Å². The lowest BCUT2D eigenvalue weighted by molar-refractivity contribution is -0.122. The highest BCUT2D eigenvalue weighted by Gasteiger charge is 2.25. The molecule has 19 heavy (non-hydrogen) atoms. The van der Waals surface area contributed by atoms with Gasteiger partial charge in [0.2, 0.25) is 5.91 Å². The van der Waals surface area contributed by atoms with Gasteiger partial charge in [-0.15, -0.1) is 0 Å². The SMILES string of the molecule is O=C(CN1CCC(c2cnco2)CC1)NCC1CC1. The molecule has 1 saturated carbocycles. The highest BCUT2D eigenvalue weighted by atomic mass is 16.3. The highest BCUT2D eigenvalue weighted by molar-refractivity contribution is 5.78. The van der Waals surface area contributed by atoms with E-state index in [-0.39, 0.29) is 5.91 Å². The largest absolute Gasteiger partial charge is 0.448 e. The molecular weight excluding hydrogens is 242 g/mol. The first-order valence-electron chi connectivity index (χ1n) is 7.18. The Labute approximate surface area is 113 Å². The maximum Gasteiger partial charge on any atom is 0.234 e. The Hall–Kier alpha value is -1.36. The second kappa shape index (κ2) is 5.74. The summed E-state index contributed by atoms with van der Waals surface area (Å²) in [6.07, 6.45) is 7.96. The summed E-state index contributed by atoms with van der Waals surface area (Å²) in [6, 6.07) is 0. The molecule has 1 aliphatic carbocycles. The van der Waals surface area contributed by atoms with Gasteiger partial charge >= 0.3 is 0 Å². The van der Waals surface area contributed by atoms with Crippen LogP contribution in [0.3, 0.4) is 0 Å². The number of rotatable bonds is 5. The molecule has 1 saturated heterocycles. The molecule has 0 bridgehead atoms. The minimum Gasteiger partial charge on any atom is -0.448 e. The van der Waals surface area contributed by atoms with Gasteiger partial charge in [0, 0.05) is 12.5 Å². The van der Waals surface area contributed by atoms with Crippen molar-refractivity contribution in [1.29, 1.82) is 0 Å². The molecule has 2 heterocycles. The van der Waals surface area contributed by atoms with Gasteiger partial charge in [0.25, 0.3) is 0 Å². The summed E-state index contributed by atoms with van der Waals surface area (Å²) in [6.45, 7) is 3.33. The van der Waals surface area contributed by atoms with E-state index >= 15 is 0 Å². The number of nitrogens with one attached hydrogen (secondary N) is 1. The smallest absolute Gasteiger partial charge is 0.234 e. The molecule has 0 radical (unpaired) electrons. The lowest BCUT2D eigenvalue weighted by Gasteiger charge is -2.30. The van der Waals surface area contributed by atoms with Crippen molar-refractivity contribution in [3.63, 3.8) is 0 Å². The number of nitrogens with zero attached hydrogens (tertiary/aromatic N) is 2. The van der Waals surface area contributed by atoms with Crippen molar-refractivity contribution in [2.75, 3.05) is 26.2 Å². The molecule has 0 unspecified atom stereocenters. The van der Waals surface area contributed by atoms with E-state index in [1.807, 2.05) is 6.20 Å². The van der Waals surface area contributed by atoms with E-state index in [4.69, 9.17) is 4.42 Å². The molecule has 3 rings (SSSR count). The lowest BCUT2D eigenvalue weighted by Crippen LogP contribution is -2.41. The summed E-state index contributed by atoms with van der Waals surface area (Å²) in [5.41, 5.74) is 0. The molecule has 2 aliphatic rings. The molecule has 2 fully saturated rings. The topological polar surface area (TPSA) is 58.4 Å². The first-order chi connectivity index (χ1) is 9.31. The van der Waals surface area contributed by atoms with Gasteiger partial charge in [-0.2, -0.15) is 0 Å². The highest BCUT2D eigenvalue weighted by Crippen LogP contribution is 2.28. The molecule has 5 nitrogen and oxygen atoms in total. The Bertz CT molecular complexity index is 406. The van der Waals surface area contributed by atoms with E-state index in [1.54, 1.807) is 0 Å². The number of carbonyl (C=O) groups is 1. The Morgan fingerprint density at radius 1 is 1.37 bits per heavy atom. The second-order valence-electron chi connectivity index (χ2n) is 5.70. The van der Waals surface area contributed by atoms with Gasteiger partial charge < -0.3 is 9.73 Å². The summed E-state index contributed by atoms with van der Waals surface area (Å²) in [4.78, 5) is 18.0. The van der Waals surface area contributed by atoms with Gasteiger partial charge in [0.05, 0.1) is 12.7 Å². The van der Waals surface area contributed by atoms with Crippen molar-refractivity contribution in [1.82, 2.24) is 15.2 Å². The third kappa shape index (κ3) is 3.56. The molecule has 1 aromatic rings. The molecule has 1 N–H and O–H groups in total. The first-order valence-corrected chi connectivity index (χ1v) is 7.18. The summed E-state index contributed by atoms with van der Waals surface area (Å²) in [5, 5.41) is 3.02. The van der Waals surface area contributed by atoms with Crippen LogP contribution in [0.2, 0.25) is 0 Å². The number of hydrogen-bond donors (Lipinski definition) is 1. The van der Waals surface area contributed by atoms with Crippen molar-refractivity contribution in [3.8, 4) is 0 Å². The van der Waals surface area contributed by atoms with E-state index in [2.05, 4.69) is 15.2 Å². The molecule has 1 aliphatic heterocycles. The minimum atomic E-state index is 0.171. The third-order valence-corrected chi connectivity index (χ3v) is 4.09. The fourth-order valence-electron chi connectivity index (χ4n) is 2.64. The number of oxazole rings is 1. The Kier molecular flexibility index (Phi) is 3.82. The molecule has 0 aromatic carbocycles. The summed E-state index contributed by atoms with van der Waals surface area (Å²) in [7, 11) is 0. The quantitative estimate of drug-likeness (QED) is 0.872. The van der Waals surface area contributed by atoms with Crippen molar-refractivity contribution in [2.45, 2.75) is 31.6 Å². The van der Waals surface area contributed by atoms with E-state index in [0.717, 1.165) is 44.2 Å². The predicted molar refractivity (Wildman–Crippen MR) is 70.7 cm³/mol. The van der Waals surface area contributed by atoms with Crippen LogP contribution in [-0.2, 0) is 4.79 Å². The fraction of sp³-hybridized carbons (Fsp3) is 0.714. The van der Waals surface area contributed by atoms with E-state index in [9.17, 15) is 4.79 Å². The molecule has 1 aromatic heterocycles. The molecule has 5 heteroatoms. The third-order valence-electron chi connectivity index (χ3n) is 4.09. The molecule has 0 atom stereocenters. The fourth-order valence-corrected chi connectivity index (χ4v) is 2.64. The Balaban J connectivity index is 1.38. The van der Waals surface area contributed by atoms with Crippen LogP contribution in [0.5, 0.6) is 0 Å². The molecule has 0 spiro atoms. The van der Waals surface area contributed by atoms with Crippen molar-refractivity contribution in [2.24, 2.45) is 5.92 Å². The van der Waals surface area contributed by atoms with Gasteiger partial charge in [-0.05, 0) is 44.7 Å². The van der Waals surface area contributed by atoms with Crippen LogP contribution in [-0.4, -0.2) is 42.0 Å². The van der Waals surface area contributed by atoms with Crippen LogP contribution < -0.4 is 5.32 Å². The summed E-state index contributed by atoms with van der Waals surface area (Å²) < 4.78 is 5.35. The minimum absolute atomic E-state index is 0.171. The Morgan fingerprint density at radius 2 is 2.16 bits per heavy atom. The van der Waals surface area contributed by atoms with Gasteiger partial charge in [0.1, 0.15) is 5.76 Å². The number of carbonyl (C=O) groups excluding carboxylic acids is 1. The normalized spacial score (nSPS) is 21.5. The van der Waals surface area contributed by atoms with E-state index in [1.165, 1.54) is 19.2 Å². The van der Waals surface area contributed by atoms with Crippen molar-refractivity contribution in [3.05, 3.63) is 18.4 Å². The monoisotopic (exact) mass is 263 g/mol. The van der Waals surface area contributed by atoms with Gasteiger partial charge in [-0.1, -0.05) is 0 Å². The lowest BCUT2D eigenvalue weighted by atomic mass is 9.95. The average molecular weight is 263 g/mol. The van der Waals surface area contributed by atoms with Gasteiger partial charge in [-0.3, -0.25) is 9.69 Å². The summed E-state index contributed by atoms with van der Waals surface area (Å²) in [5.74, 6) is 2.37. The molecule has 104 valence electrons. The van der Waals surface area contributed by atoms with E-state index in [0.29, 0.717) is 12.5 Å². The second-order valence-corrected chi connectivity index (χ2v) is 5.70. The van der Waals surface area contributed by atoms with E-state index < -0.39 is 0 Å². The number of piperidine rings is 1. The predicted octanol–water partition coefficient (Wildman–Crippen LogP) is 1.38. The maximum absolute atomic E-state index is 11.8. The zero-order valence-electron chi connectivity index (χ0n) is 11.2. The van der Waals surface area contributed by atoms with Crippen LogP contribution in [0.15, 0.2) is 17.0 Å². The summed E-state index contributed by atoms with van der Waals surface area (Å²) >= 11 is 0. The number of hydrogen-bond acceptors (Lipinski definition) is 4. The molecule has 1 amide bonds. The average Bonchev–Trinajstić information content (AvgIpc) is 3.10. The van der Waals surface area contributed by atoms with Crippen LogP contribution >= 0.6 is 0 Å². The zero-order chi connectivity index (χ0) is 13.1. The Morgan fingerprint density at radius 3 is 2.79 bits per heavy atom. The van der Waals surface area contributed by atoms with Gasteiger partial charge in [-0.25, -0.2) is 4.98 Å². The maximum atomic E-state index is 11.8. The number of aromatic nitrogens is 1. The molecular formula is C14H21N3O2. The van der Waals surface area contributed by atoms with Crippen molar-refractivity contribution < 1.29 is 9.21 Å². The van der Waals surface area contributed by atoms with Gasteiger partial charge in [0.15, 0.2) is 6.39 Å².